The third kappa shape index (κ3) is 4.82. The molecule has 0 aliphatic heterocycles. The van der Waals surface area contributed by atoms with Crippen molar-refractivity contribution in [3.05, 3.63) is 60.4 Å². The number of halogens is 2. The number of hydrogen-bond donors (Lipinski definition) is 0. The second-order valence-corrected chi connectivity index (χ2v) is 8.52. The molecule has 10 heteroatoms. The molecule has 4 aromatic rings. The molecular formula is C25H24F2N4O4. The molecule has 0 atom stereocenters. The number of imidazole rings is 2. The highest BCUT2D eigenvalue weighted by Gasteiger charge is 2.29. The minimum absolute atomic E-state index is 0.0446. The van der Waals surface area contributed by atoms with Gasteiger partial charge in [0.05, 0.1) is 37.2 Å². The van der Waals surface area contributed by atoms with E-state index in [9.17, 15) is 13.6 Å². The van der Waals surface area contributed by atoms with Gasteiger partial charge in [0.25, 0.3) is 0 Å². The predicted molar refractivity (Wildman–Crippen MR) is 123 cm³/mol. The maximum absolute atomic E-state index is 13.2. The van der Waals surface area contributed by atoms with Crippen molar-refractivity contribution in [1.82, 2.24) is 18.9 Å². The molecule has 0 bridgehead atoms. The highest BCUT2D eigenvalue weighted by Crippen LogP contribution is 2.40. The van der Waals surface area contributed by atoms with Crippen LogP contribution >= 0.6 is 0 Å². The Balaban J connectivity index is 1.48. The molecule has 3 heterocycles. The van der Waals surface area contributed by atoms with Gasteiger partial charge in [-0.25, -0.2) is 9.97 Å². The van der Waals surface area contributed by atoms with Crippen LogP contribution in [0.1, 0.15) is 35.3 Å². The fourth-order valence-electron chi connectivity index (χ4n) is 4.00. The Labute approximate surface area is 200 Å². The smallest absolute Gasteiger partial charge is 0.387 e. The average Bonchev–Trinajstić information content (AvgIpc) is 3.39. The van der Waals surface area contributed by atoms with E-state index < -0.39 is 6.61 Å². The van der Waals surface area contributed by atoms with E-state index in [4.69, 9.17) is 14.2 Å². The van der Waals surface area contributed by atoms with Gasteiger partial charge in [-0.15, -0.1) is 0 Å². The minimum atomic E-state index is -3.08. The summed E-state index contributed by atoms with van der Waals surface area (Å²) < 4.78 is 46.2. The molecule has 0 saturated heterocycles. The van der Waals surface area contributed by atoms with E-state index >= 15 is 0 Å². The SMILES string of the molecule is COc1cc(-c2cnc3cc(OCc4cncn4C)ccn23)cc(OC(F)F)c1C(=O)CC1CC1. The van der Waals surface area contributed by atoms with E-state index in [1.807, 2.05) is 11.6 Å². The summed E-state index contributed by atoms with van der Waals surface area (Å²) in [4.78, 5) is 21.4. The van der Waals surface area contributed by atoms with Crippen molar-refractivity contribution in [2.75, 3.05) is 7.11 Å². The summed E-state index contributed by atoms with van der Waals surface area (Å²) in [5, 5.41) is 0. The van der Waals surface area contributed by atoms with E-state index in [-0.39, 0.29) is 29.3 Å². The first-order valence-electron chi connectivity index (χ1n) is 11.2. The minimum Gasteiger partial charge on any atom is -0.496 e. The van der Waals surface area contributed by atoms with Crippen LogP contribution in [0.5, 0.6) is 17.2 Å². The van der Waals surface area contributed by atoms with Crippen molar-refractivity contribution in [3.63, 3.8) is 0 Å². The predicted octanol–water partition coefficient (Wildman–Crippen LogP) is 4.91. The first-order chi connectivity index (χ1) is 16.9. The quantitative estimate of drug-likeness (QED) is 0.299. The largest absolute Gasteiger partial charge is 0.496 e. The van der Waals surface area contributed by atoms with Crippen LogP contribution in [-0.2, 0) is 13.7 Å². The lowest BCUT2D eigenvalue weighted by molar-refractivity contribution is -0.0502. The van der Waals surface area contributed by atoms with Gasteiger partial charge in [-0.2, -0.15) is 8.78 Å². The van der Waals surface area contributed by atoms with Crippen LogP contribution in [0.2, 0.25) is 0 Å². The van der Waals surface area contributed by atoms with Gasteiger partial charge < -0.3 is 18.8 Å². The zero-order chi connectivity index (χ0) is 24.5. The van der Waals surface area contributed by atoms with E-state index in [0.29, 0.717) is 35.2 Å². The number of methoxy groups -OCH3 is 1. The number of aryl methyl sites for hydroxylation is 1. The Kier molecular flexibility index (Phi) is 6.10. The maximum atomic E-state index is 13.2. The molecule has 3 aromatic heterocycles. The summed E-state index contributed by atoms with van der Waals surface area (Å²) in [7, 11) is 3.29. The second kappa shape index (κ2) is 9.36. The van der Waals surface area contributed by atoms with Crippen molar-refractivity contribution in [2.45, 2.75) is 32.5 Å². The molecule has 1 aliphatic rings. The molecule has 5 rings (SSSR count). The van der Waals surface area contributed by atoms with Gasteiger partial charge in [0.2, 0.25) is 0 Å². The lowest BCUT2D eigenvalue weighted by Crippen LogP contribution is -2.11. The molecule has 0 unspecified atom stereocenters. The van der Waals surface area contributed by atoms with Crippen LogP contribution < -0.4 is 14.2 Å². The normalized spacial score (nSPS) is 13.4. The molecule has 1 aromatic carbocycles. The fourth-order valence-corrected chi connectivity index (χ4v) is 4.00. The molecule has 0 N–H and O–H groups in total. The number of aromatic nitrogens is 4. The van der Waals surface area contributed by atoms with Gasteiger partial charge in [-0.3, -0.25) is 9.20 Å². The molecule has 1 aliphatic carbocycles. The maximum Gasteiger partial charge on any atom is 0.387 e. The van der Waals surface area contributed by atoms with Crippen LogP contribution in [0, 0.1) is 5.92 Å². The second-order valence-electron chi connectivity index (χ2n) is 8.52. The van der Waals surface area contributed by atoms with Crippen molar-refractivity contribution in [3.8, 4) is 28.5 Å². The molecule has 8 nitrogen and oxygen atoms in total. The number of nitrogens with zero attached hydrogens (tertiary/aromatic N) is 4. The van der Waals surface area contributed by atoms with Crippen LogP contribution in [0.4, 0.5) is 8.78 Å². The number of ether oxygens (including phenoxy) is 3. The Bertz CT molecular complexity index is 1380. The van der Waals surface area contributed by atoms with E-state index in [0.717, 1.165) is 18.5 Å². The van der Waals surface area contributed by atoms with Gasteiger partial charge in [0.1, 0.15) is 35.1 Å². The lowest BCUT2D eigenvalue weighted by Gasteiger charge is -2.16. The van der Waals surface area contributed by atoms with E-state index in [1.165, 1.54) is 13.2 Å². The Morgan fingerprint density at radius 3 is 2.69 bits per heavy atom. The van der Waals surface area contributed by atoms with Crippen LogP contribution in [0.3, 0.4) is 0 Å². The van der Waals surface area contributed by atoms with E-state index in [2.05, 4.69) is 9.97 Å². The number of rotatable bonds is 10. The molecule has 182 valence electrons. The molecule has 0 spiro atoms. The summed E-state index contributed by atoms with van der Waals surface area (Å²) in [6, 6.07) is 6.65. The van der Waals surface area contributed by atoms with Crippen molar-refractivity contribution in [2.24, 2.45) is 13.0 Å². The van der Waals surface area contributed by atoms with Crippen molar-refractivity contribution < 1.29 is 27.8 Å². The zero-order valence-electron chi connectivity index (χ0n) is 19.3. The van der Waals surface area contributed by atoms with Gasteiger partial charge in [0.15, 0.2) is 5.78 Å². The Morgan fingerprint density at radius 1 is 1.20 bits per heavy atom. The number of carbonyl (C=O) groups excluding carboxylic acids is 1. The van der Waals surface area contributed by atoms with Crippen molar-refractivity contribution >= 4 is 11.4 Å². The first-order valence-corrected chi connectivity index (χ1v) is 11.2. The molecule has 1 saturated carbocycles. The molecular weight excluding hydrogens is 458 g/mol. The van der Waals surface area contributed by atoms with Gasteiger partial charge in [-0.1, -0.05) is 0 Å². The first kappa shape index (κ1) is 22.8. The number of carbonyl (C=O) groups is 1. The summed E-state index contributed by atoms with van der Waals surface area (Å²) >= 11 is 0. The third-order valence-corrected chi connectivity index (χ3v) is 6.04. The summed E-state index contributed by atoms with van der Waals surface area (Å²) in [5.74, 6) is 0.636. The highest BCUT2D eigenvalue weighted by molar-refractivity contribution is 6.02. The summed E-state index contributed by atoms with van der Waals surface area (Å²) in [6.07, 6.45) is 9.05. The van der Waals surface area contributed by atoms with Crippen LogP contribution in [0.15, 0.2) is 49.2 Å². The number of fused-ring (bicyclic) bond motifs is 1. The van der Waals surface area contributed by atoms with E-state index in [1.54, 1.807) is 47.5 Å². The number of hydrogen-bond acceptors (Lipinski definition) is 6. The standard InChI is InChI=1S/C25H24F2N4O4/c1-30-14-28-11-17(30)13-34-18-5-6-31-19(12-29-23(31)10-18)16-8-21(33-2)24(20(32)7-15-3-4-15)22(9-16)35-25(26)27/h5-6,8-12,14-15,25H,3-4,7,13H2,1-2H3. The topological polar surface area (TPSA) is 79.9 Å². The monoisotopic (exact) mass is 482 g/mol. The van der Waals surface area contributed by atoms with Crippen LogP contribution in [-0.4, -0.2) is 38.4 Å². The number of alkyl halides is 2. The van der Waals surface area contributed by atoms with Gasteiger partial charge >= 0.3 is 6.61 Å². The fraction of sp³-hybridized carbons (Fsp3) is 0.320. The lowest BCUT2D eigenvalue weighted by atomic mass is 10.00. The highest BCUT2D eigenvalue weighted by atomic mass is 19.3. The molecule has 1 fully saturated rings. The molecule has 0 radical (unpaired) electrons. The average molecular weight is 482 g/mol. The van der Waals surface area contributed by atoms with Gasteiger partial charge in [0, 0.05) is 31.3 Å². The van der Waals surface area contributed by atoms with Crippen molar-refractivity contribution in [1.29, 1.82) is 0 Å². The number of benzene rings is 1. The number of pyridine rings is 1. The Morgan fingerprint density at radius 2 is 2.00 bits per heavy atom. The van der Waals surface area contributed by atoms with Crippen LogP contribution in [0.25, 0.3) is 16.9 Å². The zero-order valence-corrected chi connectivity index (χ0v) is 19.3. The van der Waals surface area contributed by atoms with Gasteiger partial charge in [-0.05, 0) is 37.0 Å². The summed E-state index contributed by atoms with van der Waals surface area (Å²) in [5.41, 5.74) is 2.71. The third-order valence-electron chi connectivity index (χ3n) is 6.04. The number of ketones is 1. The molecule has 35 heavy (non-hydrogen) atoms. The number of Topliss-reactive ketones (excluding diaryl/α,β-unsaturated/α-hetero) is 1. The Hall–Kier alpha value is -3.95. The molecule has 0 amide bonds. The summed E-state index contributed by atoms with van der Waals surface area (Å²) in [6.45, 7) is -2.73.